The second-order valence-electron chi connectivity index (χ2n) is 16.9. The fourth-order valence-corrected chi connectivity index (χ4v) is 7.74. The largest absolute Gasteiger partial charge is 0.370 e. The molecule has 5 rings (SSSR count). The van der Waals surface area contributed by atoms with Gasteiger partial charge in [0.25, 0.3) is 0 Å². The van der Waals surface area contributed by atoms with E-state index in [4.69, 9.17) is 17.2 Å². The van der Waals surface area contributed by atoms with Gasteiger partial charge in [-0.2, -0.15) is 0 Å². The second kappa shape index (κ2) is 25.8. The topological polar surface area (TPSA) is 327 Å². The summed E-state index contributed by atoms with van der Waals surface area (Å²) >= 11 is 0. The quantitative estimate of drug-likeness (QED) is 0.0209. The zero-order chi connectivity index (χ0) is 49.9. The molecule has 7 amide bonds. The van der Waals surface area contributed by atoms with Crippen LogP contribution >= 0.6 is 0 Å². The Hall–Kier alpha value is -8.03. The summed E-state index contributed by atoms with van der Waals surface area (Å²) in [6.45, 7) is 4.97. The zero-order valence-corrected chi connectivity index (χ0v) is 39.0. The Labute approximate surface area is 400 Å². The van der Waals surface area contributed by atoms with Gasteiger partial charge >= 0.3 is 0 Å². The molecule has 69 heavy (non-hydrogen) atoms. The van der Waals surface area contributed by atoms with Gasteiger partial charge in [0.15, 0.2) is 5.96 Å². The lowest BCUT2D eigenvalue weighted by molar-refractivity contribution is -0.136. The van der Waals surface area contributed by atoms with Gasteiger partial charge in [-0.3, -0.25) is 38.6 Å². The van der Waals surface area contributed by atoms with E-state index < -0.39 is 83.5 Å². The number of primary amides is 1. The number of amides is 7. The summed E-state index contributed by atoms with van der Waals surface area (Å²) in [6.07, 6.45) is 5.49. The molecule has 7 atom stereocenters. The zero-order valence-electron chi connectivity index (χ0n) is 39.0. The molecule has 20 nitrogen and oxygen atoms in total. The van der Waals surface area contributed by atoms with Gasteiger partial charge in [0, 0.05) is 68.1 Å². The fraction of sp³-hybridized carbons (Fsp3) is 0.367. The van der Waals surface area contributed by atoms with E-state index in [1.807, 2.05) is 43.3 Å². The Morgan fingerprint density at radius 1 is 0.623 bits per heavy atom. The van der Waals surface area contributed by atoms with E-state index in [1.54, 1.807) is 61.7 Å². The highest BCUT2D eigenvalue weighted by Crippen LogP contribution is 2.20. The van der Waals surface area contributed by atoms with E-state index in [-0.39, 0.29) is 51.0 Å². The normalized spacial score (nSPS) is 14.1. The van der Waals surface area contributed by atoms with Crippen LogP contribution in [0, 0.1) is 5.92 Å². The molecule has 366 valence electrons. The molecule has 20 heteroatoms. The van der Waals surface area contributed by atoms with E-state index in [0.717, 1.165) is 16.5 Å². The molecule has 0 aliphatic heterocycles. The number of nitrogens with zero attached hydrogens (tertiary/aromatic N) is 2. The standard InChI is InChI=1S/C49H63N13O7/c1-4-29(2)42(62-47(68)39(23-32-16-9-6-10-17-32)60-46(67)41(57-30(3)63)25-34-27-53-28-56-34)48(69)58-37(20-13-21-54-49(51)52)44(65)61-40(24-33-26-55-36-19-12-11-18-35(33)36)45(66)59-38(43(50)64)22-31-14-7-5-8-15-31/h5-12,14-19,26-29,37-42,55H,4,13,20-25H2,1-3H3,(H2,50,64)(H,53,56)(H,57,63)(H,58,69)(H,59,66)(H,60,67)(H,61,65)(H,62,68)(H4,51,52,54)/t29-,37+,38+,39+,40+,41+,42+/m0/s1. The van der Waals surface area contributed by atoms with Crippen LogP contribution in [0.5, 0.6) is 0 Å². The number of benzene rings is 3. The van der Waals surface area contributed by atoms with Gasteiger partial charge in [0.2, 0.25) is 41.4 Å². The van der Waals surface area contributed by atoms with Crippen molar-refractivity contribution in [2.45, 2.75) is 102 Å². The minimum Gasteiger partial charge on any atom is -0.370 e. The first kappa shape index (κ1) is 51.9. The molecule has 0 unspecified atom stereocenters. The average molecular weight is 946 g/mol. The third-order valence-corrected chi connectivity index (χ3v) is 11.6. The summed E-state index contributed by atoms with van der Waals surface area (Å²) in [5.74, 6) is -5.39. The number of carbonyl (C=O) groups excluding carboxylic acids is 7. The lowest BCUT2D eigenvalue weighted by Crippen LogP contribution is -2.61. The number of H-pyrrole nitrogens is 2. The first-order valence-electron chi connectivity index (χ1n) is 22.9. The third-order valence-electron chi connectivity index (χ3n) is 11.6. The van der Waals surface area contributed by atoms with Crippen LogP contribution in [0.3, 0.4) is 0 Å². The van der Waals surface area contributed by atoms with Crippen molar-refractivity contribution >= 4 is 58.2 Å². The van der Waals surface area contributed by atoms with Crippen molar-refractivity contribution in [3.8, 4) is 0 Å². The molecule has 3 aromatic carbocycles. The number of nitrogens with one attached hydrogen (secondary N) is 8. The van der Waals surface area contributed by atoms with E-state index >= 15 is 0 Å². The number of hydrogen-bond donors (Lipinski definition) is 11. The van der Waals surface area contributed by atoms with Crippen molar-refractivity contribution in [2.75, 3.05) is 6.54 Å². The van der Waals surface area contributed by atoms with Gasteiger partial charge in [-0.25, -0.2) is 4.98 Å². The Balaban J connectivity index is 1.41. The van der Waals surface area contributed by atoms with E-state index in [2.05, 4.69) is 51.8 Å². The van der Waals surface area contributed by atoms with Gasteiger partial charge in [-0.15, -0.1) is 0 Å². The number of hydrogen-bond acceptors (Lipinski definition) is 9. The van der Waals surface area contributed by atoms with Crippen molar-refractivity contribution in [1.29, 1.82) is 0 Å². The van der Waals surface area contributed by atoms with Crippen molar-refractivity contribution < 1.29 is 33.6 Å². The first-order chi connectivity index (χ1) is 33.1. The lowest BCUT2D eigenvalue weighted by atomic mass is 9.96. The molecule has 0 bridgehead atoms. The van der Waals surface area contributed by atoms with Gasteiger partial charge < -0.3 is 59.1 Å². The van der Waals surface area contributed by atoms with Crippen LogP contribution in [-0.4, -0.2) is 105 Å². The van der Waals surface area contributed by atoms with Crippen LogP contribution in [-0.2, 0) is 59.2 Å². The molecule has 0 radical (unpaired) electrons. The summed E-state index contributed by atoms with van der Waals surface area (Å²) in [5, 5.41) is 17.4. The molecule has 0 fully saturated rings. The number of aliphatic imine (C=N–C) groups is 1. The molecule has 0 aliphatic rings. The maximum Gasteiger partial charge on any atom is 0.243 e. The number of fused-ring (bicyclic) bond motifs is 1. The van der Waals surface area contributed by atoms with Crippen LogP contribution in [0.15, 0.2) is 109 Å². The highest BCUT2D eigenvalue weighted by molar-refractivity contribution is 5.97. The molecular formula is C49H63N13O7. The predicted molar refractivity (Wildman–Crippen MR) is 260 cm³/mol. The average Bonchev–Trinajstić information content (AvgIpc) is 4.01. The summed E-state index contributed by atoms with van der Waals surface area (Å²) in [6, 6.07) is 18.2. The number of guanidine groups is 1. The minimum atomic E-state index is -1.29. The van der Waals surface area contributed by atoms with Crippen molar-refractivity contribution in [3.63, 3.8) is 0 Å². The number of aromatic amines is 2. The smallest absolute Gasteiger partial charge is 0.243 e. The maximum atomic E-state index is 14.5. The van der Waals surface area contributed by atoms with Crippen molar-refractivity contribution in [3.05, 3.63) is 126 Å². The van der Waals surface area contributed by atoms with E-state index in [1.165, 1.54) is 19.4 Å². The van der Waals surface area contributed by atoms with E-state index in [0.29, 0.717) is 23.2 Å². The number of carbonyl (C=O) groups is 7. The van der Waals surface area contributed by atoms with Crippen LogP contribution in [0.1, 0.15) is 62.4 Å². The molecule has 2 heterocycles. The molecule has 2 aromatic heterocycles. The lowest BCUT2D eigenvalue weighted by Gasteiger charge is -2.29. The number of aromatic nitrogens is 3. The monoisotopic (exact) mass is 945 g/mol. The summed E-state index contributed by atoms with van der Waals surface area (Å²) in [7, 11) is 0. The Bertz CT molecular complexity index is 2530. The molecule has 0 saturated carbocycles. The van der Waals surface area contributed by atoms with Crippen LogP contribution < -0.4 is 49.1 Å². The van der Waals surface area contributed by atoms with Crippen molar-refractivity contribution in [1.82, 2.24) is 46.9 Å². The van der Waals surface area contributed by atoms with Crippen molar-refractivity contribution in [2.24, 2.45) is 28.1 Å². The Morgan fingerprint density at radius 3 is 1.74 bits per heavy atom. The molecule has 0 aliphatic carbocycles. The van der Waals surface area contributed by atoms with Crippen LogP contribution in [0.25, 0.3) is 10.9 Å². The van der Waals surface area contributed by atoms with Crippen LogP contribution in [0.4, 0.5) is 0 Å². The van der Waals surface area contributed by atoms with E-state index in [9.17, 15) is 33.6 Å². The molecule has 0 saturated heterocycles. The maximum absolute atomic E-state index is 14.5. The predicted octanol–water partition coefficient (Wildman–Crippen LogP) is 0.675. The molecular weight excluding hydrogens is 883 g/mol. The highest BCUT2D eigenvalue weighted by Gasteiger charge is 2.35. The Kier molecular flexibility index (Phi) is 19.4. The number of para-hydroxylation sites is 1. The van der Waals surface area contributed by atoms with Crippen LogP contribution in [0.2, 0.25) is 0 Å². The molecule has 0 spiro atoms. The summed E-state index contributed by atoms with van der Waals surface area (Å²) < 4.78 is 0. The summed E-state index contributed by atoms with van der Waals surface area (Å²) in [4.78, 5) is 111. The minimum absolute atomic E-state index is 0.00241. The SMILES string of the molecule is CC[C@H](C)[C@@H](NC(=O)[C@@H](Cc1ccccc1)NC(=O)[C@@H](Cc1cnc[nH]1)NC(C)=O)C(=O)N[C@H](CCCN=C(N)N)C(=O)N[C@H](Cc1c[nH]c2ccccc12)C(=O)N[C@H](Cc1ccccc1)C(N)=O. The van der Waals surface area contributed by atoms with Gasteiger partial charge in [-0.1, -0.05) is 99.1 Å². The first-order valence-corrected chi connectivity index (χ1v) is 22.9. The summed E-state index contributed by atoms with van der Waals surface area (Å²) in [5.41, 5.74) is 20.5. The third kappa shape index (κ3) is 16.1. The Morgan fingerprint density at radius 2 is 1.16 bits per heavy atom. The van der Waals surface area contributed by atoms with Gasteiger partial charge in [-0.05, 0) is 41.5 Å². The number of nitrogens with two attached hydrogens (primary N) is 3. The highest BCUT2D eigenvalue weighted by atomic mass is 16.2. The number of imidazole rings is 1. The molecule has 14 N–H and O–H groups in total. The number of rotatable bonds is 26. The fourth-order valence-electron chi connectivity index (χ4n) is 7.74. The van der Waals surface area contributed by atoms with Gasteiger partial charge in [0.1, 0.15) is 36.3 Å². The van der Waals surface area contributed by atoms with Gasteiger partial charge in [0.05, 0.1) is 6.33 Å². The molecule has 5 aromatic rings. The second-order valence-corrected chi connectivity index (χ2v) is 16.9.